The topological polar surface area (TPSA) is 15.8 Å². The third-order valence-electron chi connectivity index (χ3n) is 2.32. The zero-order valence-corrected chi connectivity index (χ0v) is 8.09. The summed E-state index contributed by atoms with van der Waals surface area (Å²) in [4.78, 5) is 3.25. The standard InChI is InChI=1S/C12H14N/c1-12(2,3)10-6-4-5-9-7-8-13-11(9)10/h4-8,13H,1H2,2-3H3. The van der Waals surface area contributed by atoms with Crippen LogP contribution in [0.4, 0.5) is 0 Å². The van der Waals surface area contributed by atoms with Crippen LogP contribution >= 0.6 is 0 Å². The van der Waals surface area contributed by atoms with Crippen molar-refractivity contribution in [1.29, 1.82) is 0 Å². The predicted octanol–water partition coefficient (Wildman–Crippen LogP) is 3.28. The fourth-order valence-electron chi connectivity index (χ4n) is 1.65. The van der Waals surface area contributed by atoms with Gasteiger partial charge in [-0.3, -0.25) is 0 Å². The Kier molecular flexibility index (Phi) is 1.69. The summed E-state index contributed by atoms with van der Waals surface area (Å²) in [5, 5.41) is 1.26. The van der Waals surface area contributed by atoms with Crippen molar-refractivity contribution < 1.29 is 0 Å². The molecule has 2 rings (SSSR count). The molecule has 0 unspecified atom stereocenters. The lowest BCUT2D eigenvalue weighted by molar-refractivity contribution is 0.670. The maximum absolute atomic E-state index is 4.15. The molecule has 0 fully saturated rings. The van der Waals surface area contributed by atoms with Gasteiger partial charge in [0, 0.05) is 11.7 Å². The zero-order valence-electron chi connectivity index (χ0n) is 8.09. The van der Waals surface area contributed by atoms with E-state index in [1.54, 1.807) is 0 Å². The fourth-order valence-corrected chi connectivity index (χ4v) is 1.65. The molecule has 2 aromatic rings. The predicted molar refractivity (Wildman–Crippen MR) is 56.7 cm³/mol. The molecule has 0 aliphatic rings. The first kappa shape index (κ1) is 8.36. The Labute approximate surface area is 78.8 Å². The molecule has 0 saturated carbocycles. The van der Waals surface area contributed by atoms with E-state index >= 15 is 0 Å². The molecular formula is C12H14N. The van der Waals surface area contributed by atoms with E-state index in [0.717, 1.165) is 0 Å². The second kappa shape index (κ2) is 2.63. The molecule has 67 valence electrons. The van der Waals surface area contributed by atoms with Gasteiger partial charge >= 0.3 is 0 Å². The summed E-state index contributed by atoms with van der Waals surface area (Å²) in [7, 11) is 0. The number of aromatic amines is 1. The Morgan fingerprint density at radius 1 is 1.23 bits per heavy atom. The maximum Gasteiger partial charge on any atom is 0.0491 e. The molecule has 0 saturated heterocycles. The van der Waals surface area contributed by atoms with Gasteiger partial charge in [-0.15, -0.1) is 0 Å². The van der Waals surface area contributed by atoms with E-state index in [1.807, 2.05) is 6.20 Å². The summed E-state index contributed by atoms with van der Waals surface area (Å²) >= 11 is 0. The lowest BCUT2D eigenvalue weighted by Gasteiger charge is -2.19. The number of para-hydroxylation sites is 1. The van der Waals surface area contributed by atoms with Gasteiger partial charge in [-0.2, -0.15) is 0 Å². The van der Waals surface area contributed by atoms with Crippen molar-refractivity contribution >= 4 is 10.9 Å². The zero-order chi connectivity index (χ0) is 9.47. The summed E-state index contributed by atoms with van der Waals surface area (Å²) in [6.45, 7) is 8.41. The Morgan fingerprint density at radius 2 is 2.00 bits per heavy atom. The molecule has 0 atom stereocenters. The van der Waals surface area contributed by atoms with Crippen molar-refractivity contribution in [3.63, 3.8) is 0 Å². The summed E-state index contributed by atoms with van der Waals surface area (Å²) in [6, 6.07) is 8.41. The highest BCUT2D eigenvalue weighted by Crippen LogP contribution is 2.28. The van der Waals surface area contributed by atoms with Crippen LogP contribution in [0.25, 0.3) is 10.9 Å². The van der Waals surface area contributed by atoms with Crippen molar-refractivity contribution in [3.8, 4) is 0 Å². The average molecular weight is 172 g/mol. The van der Waals surface area contributed by atoms with E-state index < -0.39 is 0 Å². The Bertz CT molecular complexity index is 418. The molecular weight excluding hydrogens is 158 g/mol. The van der Waals surface area contributed by atoms with Gasteiger partial charge in [0.05, 0.1) is 0 Å². The number of nitrogens with one attached hydrogen (secondary N) is 1. The van der Waals surface area contributed by atoms with Crippen molar-refractivity contribution in [1.82, 2.24) is 4.98 Å². The molecule has 1 nitrogen and oxygen atoms in total. The van der Waals surface area contributed by atoms with Crippen LogP contribution < -0.4 is 0 Å². The van der Waals surface area contributed by atoms with Crippen molar-refractivity contribution in [2.24, 2.45) is 0 Å². The molecule has 13 heavy (non-hydrogen) atoms. The maximum atomic E-state index is 4.15. The molecule has 0 amide bonds. The Hall–Kier alpha value is -1.24. The van der Waals surface area contributed by atoms with Crippen molar-refractivity contribution in [2.75, 3.05) is 0 Å². The van der Waals surface area contributed by atoms with Gasteiger partial charge in [-0.05, 0) is 29.4 Å². The first-order chi connectivity index (χ1) is 6.09. The second-order valence-electron chi connectivity index (χ2n) is 4.13. The number of H-pyrrole nitrogens is 1. The van der Waals surface area contributed by atoms with Gasteiger partial charge in [0.25, 0.3) is 0 Å². The van der Waals surface area contributed by atoms with E-state index in [0.29, 0.717) is 0 Å². The number of rotatable bonds is 1. The third-order valence-corrected chi connectivity index (χ3v) is 2.32. The van der Waals surface area contributed by atoms with E-state index in [2.05, 4.69) is 50.0 Å². The van der Waals surface area contributed by atoms with Gasteiger partial charge < -0.3 is 4.98 Å². The van der Waals surface area contributed by atoms with E-state index in [1.165, 1.54) is 16.5 Å². The molecule has 1 aromatic heterocycles. The number of aromatic nitrogens is 1. The van der Waals surface area contributed by atoms with Crippen LogP contribution in [0.2, 0.25) is 0 Å². The molecule has 1 aromatic carbocycles. The van der Waals surface area contributed by atoms with E-state index in [-0.39, 0.29) is 5.41 Å². The molecule has 0 bridgehead atoms. The van der Waals surface area contributed by atoms with Gasteiger partial charge in [0.2, 0.25) is 0 Å². The minimum atomic E-state index is -0.0373. The monoisotopic (exact) mass is 172 g/mol. The number of benzene rings is 1. The van der Waals surface area contributed by atoms with Crippen LogP contribution in [-0.4, -0.2) is 4.98 Å². The molecule has 0 aliphatic heterocycles. The number of hydrogen-bond donors (Lipinski definition) is 1. The summed E-state index contributed by atoms with van der Waals surface area (Å²) in [6.07, 6.45) is 1.97. The molecule has 0 aliphatic carbocycles. The third kappa shape index (κ3) is 1.35. The summed E-state index contributed by atoms with van der Waals surface area (Å²) < 4.78 is 0. The second-order valence-corrected chi connectivity index (χ2v) is 4.13. The average Bonchev–Trinajstić information content (AvgIpc) is 2.48. The molecule has 1 heterocycles. The molecule has 1 N–H and O–H groups in total. The van der Waals surface area contributed by atoms with Crippen molar-refractivity contribution in [3.05, 3.63) is 42.9 Å². The highest BCUT2D eigenvalue weighted by Gasteiger charge is 2.16. The van der Waals surface area contributed by atoms with Gasteiger partial charge in [-0.25, -0.2) is 0 Å². The van der Waals surface area contributed by atoms with Gasteiger partial charge in [-0.1, -0.05) is 32.0 Å². The van der Waals surface area contributed by atoms with E-state index in [9.17, 15) is 0 Å². The SMILES string of the molecule is [CH2]C(C)(C)c1cccc2cc[nH]c12. The lowest BCUT2D eigenvalue weighted by atomic mass is 9.86. The fraction of sp³-hybridized carbons (Fsp3) is 0.250. The minimum absolute atomic E-state index is 0.0373. The van der Waals surface area contributed by atoms with Gasteiger partial charge in [0.1, 0.15) is 0 Å². The van der Waals surface area contributed by atoms with Crippen LogP contribution in [0.5, 0.6) is 0 Å². The Balaban J connectivity index is 2.75. The highest BCUT2D eigenvalue weighted by atomic mass is 14.7. The first-order valence-corrected chi connectivity index (χ1v) is 4.51. The number of hydrogen-bond acceptors (Lipinski definition) is 0. The molecule has 1 radical (unpaired) electrons. The quantitative estimate of drug-likeness (QED) is 0.679. The van der Waals surface area contributed by atoms with Crippen LogP contribution in [0.3, 0.4) is 0 Å². The van der Waals surface area contributed by atoms with Crippen LogP contribution in [-0.2, 0) is 5.41 Å². The Morgan fingerprint density at radius 3 is 2.69 bits per heavy atom. The lowest BCUT2D eigenvalue weighted by Crippen LogP contribution is -2.11. The summed E-state index contributed by atoms with van der Waals surface area (Å²) in [5.74, 6) is 0. The highest BCUT2D eigenvalue weighted by molar-refractivity contribution is 5.83. The summed E-state index contributed by atoms with van der Waals surface area (Å²) in [5.41, 5.74) is 2.45. The van der Waals surface area contributed by atoms with Crippen LogP contribution in [0, 0.1) is 6.92 Å². The molecule has 0 spiro atoms. The number of fused-ring (bicyclic) bond motifs is 1. The van der Waals surface area contributed by atoms with Crippen LogP contribution in [0.15, 0.2) is 30.5 Å². The van der Waals surface area contributed by atoms with Gasteiger partial charge in [0.15, 0.2) is 0 Å². The van der Waals surface area contributed by atoms with E-state index in [4.69, 9.17) is 0 Å². The first-order valence-electron chi connectivity index (χ1n) is 4.51. The minimum Gasteiger partial charge on any atom is -0.361 e. The van der Waals surface area contributed by atoms with Crippen molar-refractivity contribution in [2.45, 2.75) is 19.3 Å². The largest absolute Gasteiger partial charge is 0.361 e. The normalized spacial score (nSPS) is 12.2. The smallest absolute Gasteiger partial charge is 0.0491 e. The molecule has 1 heteroatoms. The van der Waals surface area contributed by atoms with Crippen LogP contribution in [0.1, 0.15) is 19.4 Å².